The Balaban J connectivity index is 1.69. The van der Waals surface area contributed by atoms with E-state index in [9.17, 15) is 0 Å². The van der Waals surface area contributed by atoms with Gasteiger partial charge in [0.15, 0.2) is 5.11 Å². The fourth-order valence-corrected chi connectivity index (χ4v) is 3.46. The Labute approximate surface area is 175 Å². The van der Waals surface area contributed by atoms with Crippen molar-refractivity contribution in [2.24, 2.45) is 0 Å². The number of rotatable bonds is 6. The van der Waals surface area contributed by atoms with E-state index >= 15 is 0 Å². The van der Waals surface area contributed by atoms with Gasteiger partial charge in [-0.25, -0.2) is 0 Å². The van der Waals surface area contributed by atoms with Gasteiger partial charge >= 0.3 is 0 Å². The third-order valence-corrected chi connectivity index (χ3v) is 5.55. The summed E-state index contributed by atoms with van der Waals surface area (Å²) in [5.74, 6) is 0. The molecule has 1 aromatic carbocycles. The van der Waals surface area contributed by atoms with Crippen molar-refractivity contribution in [2.75, 3.05) is 44.7 Å². The summed E-state index contributed by atoms with van der Waals surface area (Å²) in [6, 6.07) is 9.44. The van der Waals surface area contributed by atoms with E-state index in [-0.39, 0.29) is 0 Å². The molecule has 0 bridgehead atoms. The smallest absolute Gasteiger partial charge is 0.173 e. The molecule has 3 rings (SSSR count). The van der Waals surface area contributed by atoms with E-state index in [0.717, 1.165) is 45.0 Å². The summed E-state index contributed by atoms with van der Waals surface area (Å²) in [6.07, 6.45) is 3.63. The lowest BCUT2D eigenvalue weighted by atomic mass is 10.2. The highest BCUT2D eigenvalue weighted by atomic mass is 35.5. The number of aromatic nitrogens is 1. The number of anilines is 1. The lowest BCUT2D eigenvalue weighted by Gasteiger charge is -2.31. The largest absolute Gasteiger partial charge is 0.379 e. The predicted octanol–water partition coefficient (Wildman–Crippen LogP) is 3.92. The van der Waals surface area contributed by atoms with E-state index in [1.807, 2.05) is 30.5 Å². The van der Waals surface area contributed by atoms with Crippen molar-refractivity contribution >= 4 is 46.2 Å². The van der Waals surface area contributed by atoms with Crippen molar-refractivity contribution in [1.82, 2.24) is 14.8 Å². The fourth-order valence-electron chi connectivity index (χ4n) is 2.85. The summed E-state index contributed by atoms with van der Waals surface area (Å²) in [5.41, 5.74) is 1.80. The molecule has 2 heterocycles. The summed E-state index contributed by atoms with van der Waals surface area (Å²) >= 11 is 18.1. The Hall–Kier alpha value is -1.44. The number of halogens is 2. The second-order valence-corrected chi connectivity index (χ2v) is 7.44. The van der Waals surface area contributed by atoms with Crippen LogP contribution < -0.4 is 5.32 Å². The molecule has 0 unspecified atom stereocenters. The molecule has 2 aromatic rings. The van der Waals surface area contributed by atoms with Gasteiger partial charge in [0.25, 0.3) is 0 Å². The number of hydrogen-bond donors (Lipinski definition) is 1. The summed E-state index contributed by atoms with van der Waals surface area (Å²) < 4.78 is 5.42. The molecule has 1 saturated heterocycles. The van der Waals surface area contributed by atoms with Gasteiger partial charge in [0.2, 0.25) is 0 Å². The molecule has 27 heavy (non-hydrogen) atoms. The Kier molecular flexibility index (Phi) is 7.67. The number of pyridine rings is 1. The molecule has 0 spiro atoms. The van der Waals surface area contributed by atoms with Crippen LogP contribution in [0.1, 0.15) is 5.56 Å². The van der Waals surface area contributed by atoms with Crippen molar-refractivity contribution in [3.8, 4) is 0 Å². The molecule has 1 fully saturated rings. The molecule has 0 amide bonds. The van der Waals surface area contributed by atoms with Crippen LogP contribution in [0.15, 0.2) is 42.7 Å². The van der Waals surface area contributed by atoms with E-state index < -0.39 is 0 Å². The van der Waals surface area contributed by atoms with Crippen molar-refractivity contribution in [3.63, 3.8) is 0 Å². The quantitative estimate of drug-likeness (QED) is 0.708. The fraction of sp³-hybridized carbons (Fsp3) is 0.368. The number of benzene rings is 1. The van der Waals surface area contributed by atoms with Gasteiger partial charge in [0.1, 0.15) is 0 Å². The van der Waals surface area contributed by atoms with Gasteiger partial charge in [0, 0.05) is 45.1 Å². The first-order valence-electron chi connectivity index (χ1n) is 8.82. The topological polar surface area (TPSA) is 40.6 Å². The highest BCUT2D eigenvalue weighted by Gasteiger charge is 2.16. The summed E-state index contributed by atoms with van der Waals surface area (Å²) in [4.78, 5) is 8.71. The van der Waals surface area contributed by atoms with Crippen LogP contribution in [0, 0.1) is 0 Å². The number of nitrogens with one attached hydrogen (secondary N) is 1. The zero-order chi connectivity index (χ0) is 19.1. The zero-order valence-electron chi connectivity index (χ0n) is 14.9. The monoisotopic (exact) mass is 424 g/mol. The first-order valence-corrected chi connectivity index (χ1v) is 9.99. The second-order valence-electron chi connectivity index (χ2n) is 6.27. The molecular weight excluding hydrogens is 403 g/mol. The lowest BCUT2D eigenvalue weighted by Crippen LogP contribution is -2.44. The maximum atomic E-state index is 6.30. The predicted molar refractivity (Wildman–Crippen MR) is 115 cm³/mol. The molecular formula is C19H22Cl2N4OS. The van der Waals surface area contributed by atoms with E-state index in [2.05, 4.69) is 20.1 Å². The molecule has 144 valence electrons. The van der Waals surface area contributed by atoms with Crippen LogP contribution in [0.2, 0.25) is 10.0 Å². The average molecular weight is 425 g/mol. The molecule has 1 aliphatic rings. The molecule has 0 saturated carbocycles. The zero-order valence-corrected chi connectivity index (χ0v) is 17.2. The average Bonchev–Trinajstić information content (AvgIpc) is 2.70. The third-order valence-electron chi connectivity index (χ3n) is 4.37. The van der Waals surface area contributed by atoms with Gasteiger partial charge in [-0.05, 0) is 36.0 Å². The van der Waals surface area contributed by atoms with Crippen molar-refractivity contribution < 1.29 is 4.74 Å². The summed E-state index contributed by atoms with van der Waals surface area (Å²) in [7, 11) is 0. The van der Waals surface area contributed by atoms with Crippen LogP contribution in [-0.2, 0) is 11.3 Å². The van der Waals surface area contributed by atoms with Crippen molar-refractivity contribution in [2.45, 2.75) is 6.54 Å². The van der Waals surface area contributed by atoms with Crippen LogP contribution >= 0.6 is 35.4 Å². The number of thiocarbonyl (C=S) groups is 1. The minimum absolute atomic E-state index is 0.469. The summed E-state index contributed by atoms with van der Waals surface area (Å²) in [5, 5.41) is 4.81. The van der Waals surface area contributed by atoms with Crippen LogP contribution in [0.5, 0.6) is 0 Å². The van der Waals surface area contributed by atoms with Gasteiger partial charge in [-0.15, -0.1) is 0 Å². The maximum Gasteiger partial charge on any atom is 0.173 e. The van der Waals surface area contributed by atoms with Gasteiger partial charge in [-0.1, -0.05) is 35.3 Å². The molecule has 1 aromatic heterocycles. The molecule has 8 heteroatoms. The van der Waals surface area contributed by atoms with E-state index in [1.165, 1.54) is 0 Å². The molecule has 0 aliphatic carbocycles. The van der Waals surface area contributed by atoms with Crippen LogP contribution in [-0.4, -0.2) is 59.3 Å². The standard InChI is InChI=1S/C19H22Cl2N4OS/c20-16-4-1-5-17(18(16)21)23-19(27)25(14-15-3-2-6-22-13-15)8-7-24-9-11-26-12-10-24/h1-6,13H,7-12,14H2,(H,23,27). The SMILES string of the molecule is S=C(Nc1cccc(Cl)c1Cl)N(CCN1CCOCC1)Cc1cccnc1. The van der Waals surface area contributed by atoms with Gasteiger partial charge in [0.05, 0.1) is 28.9 Å². The number of morpholine rings is 1. The van der Waals surface area contributed by atoms with Crippen molar-refractivity contribution in [3.05, 3.63) is 58.3 Å². The van der Waals surface area contributed by atoms with E-state index in [1.54, 1.807) is 12.3 Å². The Bertz CT molecular complexity index is 757. The van der Waals surface area contributed by atoms with Crippen LogP contribution in [0.25, 0.3) is 0 Å². The third kappa shape index (κ3) is 6.02. The van der Waals surface area contributed by atoms with Gasteiger partial charge in [-0.2, -0.15) is 0 Å². The van der Waals surface area contributed by atoms with Gasteiger partial charge in [-0.3, -0.25) is 9.88 Å². The highest BCUT2D eigenvalue weighted by molar-refractivity contribution is 7.80. The Morgan fingerprint density at radius 3 is 2.78 bits per heavy atom. The lowest BCUT2D eigenvalue weighted by molar-refractivity contribution is 0.0358. The minimum atomic E-state index is 0.469. The minimum Gasteiger partial charge on any atom is -0.379 e. The Morgan fingerprint density at radius 2 is 2.04 bits per heavy atom. The molecule has 1 N–H and O–H groups in total. The molecule has 0 atom stereocenters. The number of hydrogen-bond acceptors (Lipinski definition) is 4. The van der Waals surface area contributed by atoms with E-state index in [0.29, 0.717) is 27.4 Å². The first-order chi connectivity index (χ1) is 13.1. The maximum absolute atomic E-state index is 6.30. The Morgan fingerprint density at radius 1 is 1.22 bits per heavy atom. The highest BCUT2D eigenvalue weighted by Crippen LogP contribution is 2.29. The van der Waals surface area contributed by atoms with Crippen LogP contribution in [0.4, 0.5) is 5.69 Å². The van der Waals surface area contributed by atoms with E-state index in [4.69, 9.17) is 40.2 Å². The molecule has 5 nitrogen and oxygen atoms in total. The molecule has 0 radical (unpaired) electrons. The number of nitrogens with zero attached hydrogens (tertiary/aromatic N) is 3. The summed E-state index contributed by atoms with van der Waals surface area (Å²) in [6.45, 7) is 5.82. The second kappa shape index (κ2) is 10.2. The number of ether oxygens (including phenoxy) is 1. The van der Waals surface area contributed by atoms with Crippen LogP contribution in [0.3, 0.4) is 0 Å². The van der Waals surface area contributed by atoms with Crippen molar-refractivity contribution in [1.29, 1.82) is 0 Å². The first kappa shape index (κ1) is 20.3. The normalized spacial score (nSPS) is 14.7. The van der Waals surface area contributed by atoms with Gasteiger partial charge < -0.3 is 15.0 Å². The molecule has 1 aliphatic heterocycles.